The first kappa shape index (κ1) is 58.2. The third kappa shape index (κ3) is 28.7. The number of aliphatic hydroxyl groups is 7. The largest absolute Gasteiger partial charge is 0.472 e. The first-order valence-corrected chi connectivity index (χ1v) is 24.4. The van der Waals surface area contributed by atoms with E-state index < -0.39 is 87.9 Å². The Morgan fingerprint density at radius 2 is 1.00 bits per heavy atom. The second-order valence-electron chi connectivity index (χ2n) is 15.9. The topological polar surface area (TPSA) is 250 Å². The number of hydrogen-bond donors (Lipinski definition) is 8. The molecule has 0 spiro atoms. The maximum absolute atomic E-state index is 12.8. The molecule has 0 heterocycles. The van der Waals surface area contributed by atoms with Gasteiger partial charge in [0.05, 0.1) is 18.8 Å². The number of ether oxygens (including phenoxy) is 2. The molecule has 5 unspecified atom stereocenters. The third-order valence-corrected chi connectivity index (χ3v) is 11.2. The average molecular weight is 915 g/mol. The lowest BCUT2D eigenvalue weighted by atomic mass is 9.85. The van der Waals surface area contributed by atoms with Gasteiger partial charge in [-0.1, -0.05) is 112 Å². The molecule has 1 saturated carbocycles. The lowest BCUT2D eigenvalue weighted by Gasteiger charge is -2.41. The minimum absolute atomic E-state index is 0.0539. The van der Waals surface area contributed by atoms with Gasteiger partial charge in [-0.25, -0.2) is 4.57 Å². The zero-order valence-corrected chi connectivity index (χ0v) is 38.5. The van der Waals surface area contributed by atoms with Gasteiger partial charge in [0.25, 0.3) is 0 Å². The number of unbranched alkanes of at least 4 members (excludes halogenated alkanes) is 8. The van der Waals surface area contributed by atoms with E-state index in [4.69, 9.17) is 18.5 Å². The molecule has 0 aromatic rings. The molecule has 1 aliphatic rings. The van der Waals surface area contributed by atoms with E-state index in [2.05, 4.69) is 62.5 Å². The smallest absolute Gasteiger partial charge is 0.462 e. The lowest BCUT2D eigenvalue weighted by Crippen LogP contribution is -2.64. The normalized spacial score (nSPS) is 23.4. The molecule has 0 aliphatic heterocycles. The summed E-state index contributed by atoms with van der Waals surface area (Å²) in [5.41, 5.74) is 0. The van der Waals surface area contributed by atoms with Crippen LogP contribution in [0.4, 0.5) is 0 Å². The Bertz CT molecular complexity index is 1410. The van der Waals surface area contributed by atoms with Gasteiger partial charge in [0.15, 0.2) is 6.10 Å². The quantitative estimate of drug-likeness (QED) is 0.0142. The Morgan fingerprint density at radius 1 is 0.556 bits per heavy atom. The number of rotatable bonds is 36. The number of aliphatic hydroxyl groups excluding tert-OH is 7. The Labute approximate surface area is 375 Å². The van der Waals surface area contributed by atoms with Gasteiger partial charge in [-0.2, -0.15) is 0 Å². The van der Waals surface area contributed by atoms with E-state index in [1.807, 2.05) is 18.2 Å². The molecule has 0 amide bonds. The minimum atomic E-state index is -5.21. The van der Waals surface area contributed by atoms with Gasteiger partial charge >= 0.3 is 19.8 Å². The number of phosphoric acid groups is 1. The maximum Gasteiger partial charge on any atom is 0.472 e. The predicted octanol–water partition coefficient (Wildman–Crippen LogP) is 6.66. The van der Waals surface area contributed by atoms with Crippen LogP contribution in [-0.4, -0.2) is 121 Å². The Kier molecular flexibility index (Phi) is 33.7. The van der Waals surface area contributed by atoms with Crippen LogP contribution in [0.3, 0.4) is 0 Å². The Morgan fingerprint density at radius 3 is 1.51 bits per heavy atom. The van der Waals surface area contributed by atoms with Crippen LogP contribution >= 0.6 is 7.82 Å². The molecule has 15 nitrogen and oxygen atoms in total. The van der Waals surface area contributed by atoms with Crippen LogP contribution in [0.25, 0.3) is 0 Å². The Balaban J connectivity index is 2.62. The number of allylic oxidation sites excluding steroid dienone is 11. The van der Waals surface area contributed by atoms with Gasteiger partial charge in [0.1, 0.15) is 43.2 Å². The van der Waals surface area contributed by atoms with Crippen molar-refractivity contribution >= 4 is 19.8 Å². The number of carbonyl (C=O) groups is 2. The van der Waals surface area contributed by atoms with E-state index >= 15 is 0 Å². The highest BCUT2D eigenvalue weighted by Gasteiger charge is 2.51. The van der Waals surface area contributed by atoms with Crippen molar-refractivity contribution in [2.75, 3.05) is 13.2 Å². The van der Waals surface area contributed by atoms with Crippen LogP contribution in [0.1, 0.15) is 142 Å². The van der Waals surface area contributed by atoms with Crippen LogP contribution in [-0.2, 0) is 32.7 Å². The van der Waals surface area contributed by atoms with Crippen molar-refractivity contribution in [3.63, 3.8) is 0 Å². The van der Waals surface area contributed by atoms with E-state index in [9.17, 15) is 54.8 Å². The predicted molar refractivity (Wildman–Crippen MR) is 242 cm³/mol. The number of phosphoric ester groups is 1. The highest BCUT2D eigenvalue weighted by molar-refractivity contribution is 7.47. The second-order valence-corrected chi connectivity index (χ2v) is 17.3. The van der Waals surface area contributed by atoms with Crippen molar-refractivity contribution in [3.8, 4) is 0 Å². The fraction of sp³-hybridized carbons (Fsp3) is 0.702. The molecule has 1 fully saturated rings. The van der Waals surface area contributed by atoms with Crippen LogP contribution in [0.2, 0.25) is 0 Å². The molecule has 1 aliphatic carbocycles. The van der Waals surface area contributed by atoms with E-state index in [0.717, 1.165) is 38.5 Å². The molecule has 0 saturated heterocycles. The minimum Gasteiger partial charge on any atom is -0.462 e. The molecule has 0 bridgehead atoms. The molecule has 10 atom stereocenters. The summed E-state index contributed by atoms with van der Waals surface area (Å²) in [6.45, 7) is 2.94. The number of esters is 2. The van der Waals surface area contributed by atoms with E-state index in [1.54, 1.807) is 6.08 Å². The molecule has 1 rings (SSSR count). The zero-order valence-electron chi connectivity index (χ0n) is 37.6. The fourth-order valence-corrected chi connectivity index (χ4v) is 7.31. The van der Waals surface area contributed by atoms with Gasteiger partial charge in [0, 0.05) is 12.8 Å². The van der Waals surface area contributed by atoms with Crippen molar-refractivity contribution in [2.45, 2.75) is 197 Å². The summed E-state index contributed by atoms with van der Waals surface area (Å²) in [7, 11) is -5.21. The molecule has 362 valence electrons. The van der Waals surface area contributed by atoms with Crippen molar-refractivity contribution < 1.29 is 73.3 Å². The maximum atomic E-state index is 12.8. The average Bonchev–Trinajstić information content (AvgIpc) is 3.26. The van der Waals surface area contributed by atoms with Crippen LogP contribution in [0.5, 0.6) is 0 Å². The first-order chi connectivity index (χ1) is 30.2. The molecular formula is C47H79O15P. The molecule has 8 N–H and O–H groups in total. The summed E-state index contributed by atoms with van der Waals surface area (Å²) in [6.07, 6.45) is 23.9. The van der Waals surface area contributed by atoms with E-state index in [-0.39, 0.29) is 32.1 Å². The molecular weight excluding hydrogens is 835 g/mol. The van der Waals surface area contributed by atoms with Gasteiger partial charge in [-0.3, -0.25) is 18.6 Å². The number of hydrogen-bond acceptors (Lipinski definition) is 14. The van der Waals surface area contributed by atoms with Crippen molar-refractivity contribution in [1.82, 2.24) is 0 Å². The van der Waals surface area contributed by atoms with Gasteiger partial charge < -0.3 is 50.1 Å². The molecule has 16 heteroatoms. The SMILES string of the molecule is CCCCC/C=C\C/C=C\C/C=C\CCCCC(=O)OC[C@H](COP(=O)(O)OC1[C@H](O)[C@H](O)C(O)[C@H](O)[C@H]1O)OC(=O)CCCC(O)C(O)C/C=C\C/C=C\C/C=C\CCCCC. The molecule has 0 radical (unpaired) electrons. The van der Waals surface area contributed by atoms with Crippen LogP contribution in [0, 0.1) is 0 Å². The van der Waals surface area contributed by atoms with E-state index in [0.29, 0.717) is 19.3 Å². The van der Waals surface area contributed by atoms with Crippen molar-refractivity contribution in [3.05, 3.63) is 72.9 Å². The van der Waals surface area contributed by atoms with Crippen LogP contribution < -0.4 is 0 Å². The van der Waals surface area contributed by atoms with Gasteiger partial charge in [-0.15, -0.1) is 0 Å². The van der Waals surface area contributed by atoms with Gasteiger partial charge in [0.2, 0.25) is 0 Å². The summed E-state index contributed by atoms with van der Waals surface area (Å²) in [5.74, 6) is -1.44. The second kappa shape index (κ2) is 36.4. The lowest BCUT2D eigenvalue weighted by molar-refractivity contribution is -0.220. The highest BCUT2D eigenvalue weighted by atomic mass is 31.2. The summed E-state index contributed by atoms with van der Waals surface area (Å²) in [4.78, 5) is 35.7. The fourth-order valence-electron chi connectivity index (χ4n) is 6.34. The summed E-state index contributed by atoms with van der Waals surface area (Å²) in [6, 6.07) is 0. The highest BCUT2D eigenvalue weighted by Crippen LogP contribution is 2.47. The van der Waals surface area contributed by atoms with Crippen molar-refractivity contribution in [1.29, 1.82) is 0 Å². The summed E-state index contributed by atoms with van der Waals surface area (Å²) < 4.78 is 33.3. The molecule has 63 heavy (non-hydrogen) atoms. The summed E-state index contributed by atoms with van der Waals surface area (Å²) in [5, 5.41) is 70.9. The monoisotopic (exact) mass is 915 g/mol. The zero-order chi connectivity index (χ0) is 46.7. The van der Waals surface area contributed by atoms with E-state index in [1.165, 1.54) is 38.5 Å². The standard InChI is InChI=1S/C47H79O15P/c1-3-5-7-9-11-13-15-17-18-19-21-23-25-27-29-33-40(50)59-35-37(36-60-63(57,58)62-47-45(55)43(53)42(52)44(54)46(47)56)61-41(51)34-30-32-39(49)38(48)31-28-26-24-22-20-16-14-12-10-8-6-4-2/h11-14,17-18,20-23,26,28,37-39,42-49,52-56H,3-10,15-16,19,24-25,27,29-36H2,1-2H3,(H,57,58)/b13-11-,14-12-,18-17-,22-20-,23-21-,28-26-/t37-,38?,39?,42?,43-,44+,45-,46-,47?/m1/s1. The number of carbonyl (C=O) groups excluding carboxylic acids is 2. The van der Waals surface area contributed by atoms with Gasteiger partial charge in [-0.05, 0) is 89.9 Å². The van der Waals surface area contributed by atoms with Crippen LogP contribution in [0.15, 0.2) is 72.9 Å². The van der Waals surface area contributed by atoms with Crippen molar-refractivity contribution in [2.24, 2.45) is 0 Å². The Hall–Kier alpha value is -2.79. The molecule has 0 aromatic carbocycles. The first-order valence-electron chi connectivity index (χ1n) is 22.9. The third-order valence-electron chi connectivity index (χ3n) is 10.2. The summed E-state index contributed by atoms with van der Waals surface area (Å²) >= 11 is 0. The molecule has 0 aromatic heterocycles.